The summed E-state index contributed by atoms with van der Waals surface area (Å²) in [7, 11) is 5.47. The Morgan fingerprint density at radius 1 is 0.551 bits per heavy atom. The van der Waals surface area contributed by atoms with Crippen LogP contribution in [0.3, 0.4) is 0 Å². The number of Topliss-reactive ketones (excluding diaryl/α,β-unsaturated/α-hetero) is 1. The van der Waals surface area contributed by atoms with Crippen molar-refractivity contribution < 1.29 is 76.7 Å². The molecule has 0 saturated heterocycles. The topological polar surface area (TPSA) is 177 Å². The third kappa shape index (κ3) is 11.3. The second kappa shape index (κ2) is 21.4. The van der Waals surface area contributed by atoms with Crippen LogP contribution in [0.5, 0.6) is 0 Å². The molecule has 2 unspecified atom stereocenters. The number of nitrogens with zero attached hydrogens (tertiary/aromatic N) is 10. The van der Waals surface area contributed by atoms with E-state index in [2.05, 4.69) is 30.9 Å². The number of aliphatic hydroxyl groups excluding tert-OH is 2. The second-order valence-electron chi connectivity index (χ2n) is 17.8. The minimum Gasteiger partial charge on any atom is -0.390 e. The average Bonchev–Trinajstić information content (AvgIpc) is 4.35. The molecule has 8 aromatic rings. The van der Waals surface area contributed by atoms with Crippen molar-refractivity contribution in [1.82, 2.24) is 40.3 Å². The lowest BCUT2D eigenvalue weighted by Gasteiger charge is -2.26. The normalized spacial score (nSPS) is 13.3. The van der Waals surface area contributed by atoms with Crippen LogP contribution in [0.25, 0.3) is 22.6 Å². The van der Waals surface area contributed by atoms with Crippen LogP contribution >= 0.6 is 23.2 Å². The van der Waals surface area contributed by atoms with Gasteiger partial charge in [-0.2, -0.15) is 52.7 Å². The van der Waals surface area contributed by atoms with Gasteiger partial charge in [0.05, 0.1) is 70.4 Å². The number of anilines is 2. The Hall–Kier alpha value is -7.49. The molecule has 0 aliphatic rings. The van der Waals surface area contributed by atoms with Gasteiger partial charge in [-0.1, -0.05) is 68.2 Å². The van der Waals surface area contributed by atoms with E-state index in [1.807, 2.05) is 0 Å². The highest BCUT2D eigenvalue weighted by Gasteiger charge is 2.47. The molecule has 29 heteroatoms. The summed E-state index contributed by atoms with van der Waals surface area (Å²) in [5, 5.41) is 47.0. The number of ketones is 1. The number of benzene rings is 4. The third-order valence-electron chi connectivity index (χ3n) is 12.1. The standard InChI is InChI=1S/C49H38Cl2F12N10O5/c1-70(2)44-39(64-68-72(44)19-23-13-25(46(52,53)54)17-26(14-23)47(55,56)57)37(35-33(21-74)66-77-42(35)29-9-5-7-11-31(29)50)41(76)38(36-34(22-75)67-78-43(36)30-10-6-8-12-32(30)51)40-45(71(3)4)73(69-65-40)20-24-15-27(48(58,59)60)18-28(16-24)49(61,62)63/h5-18,37-38,74-75H,19-22H2,1-4H3. The zero-order valence-corrected chi connectivity index (χ0v) is 42.0. The minimum absolute atomic E-state index is 0.00708. The van der Waals surface area contributed by atoms with Crippen LogP contribution in [0.15, 0.2) is 94.0 Å². The van der Waals surface area contributed by atoms with Gasteiger partial charge in [0, 0.05) is 50.4 Å². The van der Waals surface area contributed by atoms with Crippen molar-refractivity contribution in [3.8, 4) is 22.6 Å². The lowest BCUT2D eigenvalue weighted by Crippen LogP contribution is -2.29. The summed E-state index contributed by atoms with van der Waals surface area (Å²) in [5.74, 6) is -6.33. The summed E-state index contributed by atoms with van der Waals surface area (Å²) >= 11 is 13.4. The Bertz CT molecular complexity index is 3220. The Morgan fingerprint density at radius 3 is 1.15 bits per heavy atom. The molecule has 4 aromatic heterocycles. The van der Waals surface area contributed by atoms with Gasteiger partial charge in [-0.05, 0) is 71.8 Å². The number of carbonyl (C=O) groups excluding carboxylic acids is 1. The molecule has 0 bridgehead atoms. The van der Waals surface area contributed by atoms with E-state index in [0.29, 0.717) is 24.3 Å². The van der Waals surface area contributed by atoms with Crippen LogP contribution < -0.4 is 9.80 Å². The largest absolute Gasteiger partial charge is 0.416 e. The van der Waals surface area contributed by atoms with Crippen LogP contribution in [0.2, 0.25) is 10.0 Å². The predicted molar refractivity (Wildman–Crippen MR) is 254 cm³/mol. The monoisotopic (exact) mass is 1140 g/mol. The maximum atomic E-state index is 16.8. The summed E-state index contributed by atoms with van der Waals surface area (Å²) in [6, 6.07) is 13.5. The number of aromatic nitrogens is 8. The first-order valence-electron chi connectivity index (χ1n) is 22.5. The van der Waals surface area contributed by atoms with Crippen molar-refractivity contribution in [1.29, 1.82) is 0 Å². The molecule has 2 N–H and O–H groups in total. The van der Waals surface area contributed by atoms with Crippen molar-refractivity contribution in [3.63, 3.8) is 0 Å². The Morgan fingerprint density at radius 2 is 0.872 bits per heavy atom. The van der Waals surface area contributed by atoms with Crippen molar-refractivity contribution in [3.05, 3.63) is 162 Å². The Labute approximate surface area is 442 Å². The number of rotatable bonds is 16. The van der Waals surface area contributed by atoms with Crippen molar-refractivity contribution in [2.24, 2.45) is 0 Å². The quantitative estimate of drug-likeness (QED) is 0.0875. The van der Waals surface area contributed by atoms with Gasteiger partial charge in [0.25, 0.3) is 0 Å². The SMILES string of the molecule is CN(C)c1c(C(C(=O)C(c2nnn(Cc3cc(C(F)(F)F)cc(C(F)(F)F)c3)c2N(C)C)c2c(CO)noc2-c2ccccc2Cl)c2c(CO)noc2-c2ccccc2Cl)nnn1Cc1cc(C(F)(F)F)cc(C(F)(F)F)c1. The first-order valence-corrected chi connectivity index (χ1v) is 23.3. The lowest BCUT2D eigenvalue weighted by molar-refractivity contribution is -0.144. The van der Waals surface area contributed by atoms with Crippen molar-refractivity contribution >= 4 is 40.6 Å². The zero-order valence-electron chi connectivity index (χ0n) is 40.4. The number of halogens is 14. The Kier molecular flexibility index (Phi) is 15.5. The third-order valence-corrected chi connectivity index (χ3v) is 12.8. The zero-order chi connectivity index (χ0) is 57.0. The van der Waals surface area contributed by atoms with E-state index in [9.17, 15) is 62.9 Å². The fourth-order valence-electron chi connectivity index (χ4n) is 8.87. The fraction of sp³-hybridized carbons (Fsp3) is 0.286. The van der Waals surface area contributed by atoms with Gasteiger partial charge in [0.15, 0.2) is 28.9 Å². The van der Waals surface area contributed by atoms with Gasteiger partial charge >= 0.3 is 24.7 Å². The molecule has 0 fully saturated rings. The molecule has 0 saturated carbocycles. The molecule has 0 radical (unpaired) electrons. The smallest absolute Gasteiger partial charge is 0.390 e. The predicted octanol–water partition coefficient (Wildman–Crippen LogP) is 11.3. The first-order chi connectivity index (χ1) is 36.5. The van der Waals surface area contributed by atoms with Gasteiger partial charge in [-0.3, -0.25) is 4.79 Å². The summed E-state index contributed by atoms with van der Waals surface area (Å²) in [6.45, 7) is -3.70. The molecular weight excluding hydrogens is 1110 g/mol. The first kappa shape index (κ1) is 56.7. The fourth-order valence-corrected chi connectivity index (χ4v) is 9.32. The number of hydrogen-bond acceptors (Lipinski definition) is 13. The molecular formula is C49H38Cl2F12N10O5. The summed E-state index contributed by atoms with van der Waals surface area (Å²) < 4.78 is 183. The molecule has 4 aromatic carbocycles. The van der Waals surface area contributed by atoms with E-state index in [4.69, 9.17) is 32.2 Å². The van der Waals surface area contributed by atoms with Crippen molar-refractivity contribution in [2.75, 3.05) is 38.0 Å². The number of aliphatic hydroxyl groups is 2. The number of carbonyl (C=O) groups is 1. The maximum absolute atomic E-state index is 16.8. The highest BCUT2D eigenvalue weighted by molar-refractivity contribution is 6.33. The van der Waals surface area contributed by atoms with Crippen LogP contribution in [0.4, 0.5) is 64.3 Å². The molecule has 0 aliphatic carbocycles. The van der Waals surface area contributed by atoms with E-state index < -0.39 is 113 Å². The van der Waals surface area contributed by atoms with E-state index in [-0.39, 0.29) is 79.0 Å². The molecule has 0 spiro atoms. The average molecular weight is 1150 g/mol. The molecule has 0 aliphatic heterocycles. The summed E-state index contributed by atoms with van der Waals surface area (Å²) in [6.07, 6.45) is -21.0. The maximum Gasteiger partial charge on any atom is 0.416 e. The Balaban J connectivity index is 1.45. The lowest BCUT2D eigenvalue weighted by atomic mass is 9.77. The summed E-state index contributed by atoms with van der Waals surface area (Å²) in [4.78, 5) is 19.3. The summed E-state index contributed by atoms with van der Waals surface area (Å²) in [5.41, 5.74) is -9.89. The van der Waals surface area contributed by atoms with Gasteiger partial charge in [-0.25, -0.2) is 9.36 Å². The van der Waals surface area contributed by atoms with Crippen LogP contribution in [0, 0.1) is 0 Å². The van der Waals surface area contributed by atoms with Crippen LogP contribution in [-0.4, -0.2) is 84.5 Å². The highest BCUT2D eigenvalue weighted by atomic mass is 35.5. The van der Waals surface area contributed by atoms with E-state index >= 15 is 4.79 Å². The van der Waals surface area contributed by atoms with Gasteiger partial charge < -0.3 is 29.1 Å². The van der Waals surface area contributed by atoms with Gasteiger partial charge in [0.1, 0.15) is 22.8 Å². The van der Waals surface area contributed by atoms with Crippen LogP contribution in [0.1, 0.15) is 79.1 Å². The molecule has 78 heavy (non-hydrogen) atoms. The van der Waals surface area contributed by atoms with E-state index in [0.717, 1.165) is 9.36 Å². The van der Waals surface area contributed by atoms with E-state index in [1.54, 1.807) is 0 Å². The van der Waals surface area contributed by atoms with Crippen molar-refractivity contribution in [2.45, 2.75) is 62.8 Å². The van der Waals surface area contributed by atoms with Gasteiger partial charge in [0.2, 0.25) is 0 Å². The van der Waals surface area contributed by atoms with Crippen LogP contribution in [-0.2, 0) is 55.8 Å². The second-order valence-corrected chi connectivity index (χ2v) is 18.6. The number of hydrogen-bond donors (Lipinski definition) is 2. The molecule has 4 heterocycles. The minimum atomic E-state index is -5.25. The van der Waals surface area contributed by atoms with E-state index in [1.165, 1.54) is 86.5 Å². The molecule has 412 valence electrons. The highest BCUT2D eigenvalue weighted by Crippen LogP contribution is 2.49. The molecule has 0 amide bonds. The van der Waals surface area contributed by atoms with Gasteiger partial charge in [-0.15, -0.1) is 10.2 Å². The molecule has 15 nitrogen and oxygen atoms in total. The molecule has 8 rings (SSSR count). The number of alkyl halides is 12. The molecule has 2 atom stereocenters.